The van der Waals surface area contributed by atoms with Gasteiger partial charge in [0.05, 0.1) is 22.6 Å². The maximum absolute atomic E-state index is 12.2. The van der Waals surface area contributed by atoms with Crippen molar-refractivity contribution in [1.29, 1.82) is 0 Å². The van der Waals surface area contributed by atoms with Crippen molar-refractivity contribution in [2.24, 2.45) is 7.05 Å². The predicted octanol–water partition coefficient (Wildman–Crippen LogP) is 2.23. The molecule has 1 atom stereocenters. The first-order valence-electron chi connectivity index (χ1n) is 5.86. The largest absolute Gasteiger partial charge is 0.478 e. The Hall–Kier alpha value is -1.47. The lowest BCUT2D eigenvalue weighted by molar-refractivity contribution is 0.0695. The quantitative estimate of drug-likeness (QED) is 0.891. The van der Waals surface area contributed by atoms with E-state index in [2.05, 4.69) is 21.0 Å². The maximum atomic E-state index is 12.2. The van der Waals surface area contributed by atoms with Crippen molar-refractivity contribution in [2.45, 2.75) is 11.3 Å². The van der Waals surface area contributed by atoms with Crippen LogP contribution in [0.3, 0.4) is 0 Å². The fraction of sp³-hybridized carbons (Fsp3) is 0.231. The Morgan fingerprint density at radius 3 is 2.85 bits per heavy atom. The van der Waals surface area contributed by atoms with Crippen LogP contribution in [0.15, 0.2) is 40.0 Å². The summed E-state index contributed by atoms with van der Waals surface area (Å²) in [7, 11) is 0.597. The van der Waals surface area contributed by atoms with Crippen LogP contribution < -0.4 is 0 Å². The number of carboxylic acid groups (broad SMARTS) is 1. The second kappa shape index (κ2) is 6.32. The zero-order chi connectivity index (χ0) is 14.7. The Morgan fingerprint density at radius 2 is 2.25 bits per heavy atom. The molecule has 1 N–H and O–H groups in total. The first kappa shape index (κ1) is 14.9. The van der Waals surface area contributed by atoms with Crippen molar-refractivity contribution in [3.63, 3.8) is 0 Å². The molecule has 1 unspecified atom stereocenters. The fourth-order valence-corrected chi connectivity index (χ4v) is 3.28. The van der Waals surface area contributed by atoms with E-state index in [1.807, 2.05) is 13.2 Å². The number of nitrogens with zero attached hydrogens (tertiary/aromatic N) is 2. The number of aryl methyl sites for hydroxylation is 2. The molecule has 1 aromatic heterocycles. The summed E-state index contributed by atoms with van der Waals surface area (Å²) >= 11 is 3.17. The molecule has 1 aromatic carbocycles. The minimum absolute atomic E-state index is 0.122. The highest BCUT2D eigenvalue weighted by atomic mass is 79.9. The Balaban J connectivity index is 2.09. The fourth-order valence-electron chi connectivity index (χ4n) is 1.74. The third-order valence-electron chi connectivity index (χ3n) is 2.77. The molecule has 7 heteroatoms. The van der Waals surface area contributed by atoms with E-state index in [0.29, 0.717) is 21.5 Å². The van der Waals surface area contributed by atoms with Crippen molar-refractivity contribution < 1.29 is 14.1 Å². The van der Waals surface area contributed by atoms with Gasteiger partial charge in [-0.2, -0.15) is 5.10 Å². The normalized spacial score (nSPS) is 12.3. The molecule has 5 nitrogen and oxygen atoms in total. The van der Waals surface area contributed by atoms with Gasteiger partial charge >= 0.3 is 5.97 Å². The van der Waals surface area contributed by atoms with Crippen LogP contribution in [-0.2, 0) is 24.3 Å². The zero-order valence-corrected chi connectivity index (χ0v) is 13.1. The smallest absolute Gasteiger partial charge is 0.336 e. The van der Waals surface area contributed by atoms with E-state index in [9.17, 15) is 9.00 Å². The molecule has 20 heavy (non-hydrogen) atoms. The van der Waals surface area contributed by atoms with Crippen molar-refractivity contribution >= 4 is 32.7 Å². The molecule has 2 rings (SSSR count). The minimum Gasteiger partial charge on any atom is -0.478 e. The van der Waals surface area contributed by atoms with Gasteiger partial charge in [-0.1, -0.05) is 0 Å². The van der Waals surface area contributed by atoms with E-state index in [4.69, 9.17) is 5.11 Å². The standard InChI is InChI=1S/C13H13BrN2O3S/c1-16-8-9(7-15-16)4-5-20(19)10-2-3-12(14)11(6-10)13(17)18/h2-3,6-8H,4-5H2,1H3,(H,17,18). The summed E-state index contributed by atoms with van der Waals surface area (Å²) in [5.41, 5.74) is 1.13. The van der Waals surface area contributed by atoms with Crippen LogP contribution in [0.25, 0.3) is 0 Å². The van der Waals surface area contributed by atoms with Gasteiger partial charge in [-0.3, -0.25) is 8.89 Å². The van der Waals surface area contributed by atoms with E-state index >= 15 is 0 Å². The number of carbonyl (C=O) groups is 1. The van der Waals surface area contributed by atoms with E-state index < -0.39 is 16.8 Å². The highest BCUT2D eigenvalue weighted by Gasteiger charge is 2.12. The average molecular weight is 357 g/mol. The minimum atomic E-state index is -1.23. The van der Waals surface area contributed by atoms with Crippen LogP contribution in [0.1, 0.15) is 15.9 Å². The molecule has 0 saturated heterocycles. The molecule has 0 saturated carbocycles. The van der Waals surface area contributed by atoms with E-state index in [0.717, 1.165) is 5.56 Å². The van der Waals surface area contributed by atoms with E-state index in [-0.39, 0.29) is 5.56 Å². The number of carboxylic acids is 1. The zero-order valence-electron chi connectivity index (χ0n) is 10.7. The summed E-state index contributed by atoms with van der Waals surface area (Å²) in [6.45, 7) is 0. The lowest BCUT2D eigenvalue weighted by atomic mass is 10.2. The summed E-state index contributed by atoms with van der Waals surface area (Å²) in [6, 6.07) is 4.74. The molecule has 0 spiro atoms. The van der Waals surface area contributed by atoms with Crippen LogP contribution in [0, 0.1) is 0 Å². The second-order valence-electron chi connectivity index (χ2n) is 4.27. The summed E-state index contributed by atoms with van der Waals surface area (Å²) in [4.78, 5) is 11.6. The monoisotopic (exact) mass is 356 g/mol. The molecule has 0 fully saturated rings. The topological polar surface area (TPSA) is 72.2 Å². The summed E-state index contributed by atoms with van der Waals surface area (Å²) < 4.78 is 14.4. The molecule has 1 heterocycles. The van der Waals surface area contributed by atoms with Gasteiger partial charge in [0, 0.05) is 28.4 Å². The Bertz CT molecular complexity index is 669. The van der Waals surface area contributed by atoms with Crippen LogP contribution >= 0.6 is 15.9 Å². The molecule has 0 aliphatic carbocycles. The lowest BCUT2D eigenvalue weighted by Gasteiger charge is -2.04. The van der Waals surface area contributed by atoms with Gasteiger partial charge in [0.25, 0.3) is 0 Å². The number of aromatic nitrogens is 2. The van der Waals surface area contributed by atoms with Crippen molar-refractivity contribution in [3.05, 3.63) is 46.2 Å². The van der Waals surface area contributed by atoms with Gasteiger partial charge in [-0.25, -0.2) is 4.79 Å². The van der Waals surface area contributed by atoms with Crippen LogP contribution in [0.4, 0.5) is 0 Å². The number of hydrogen-bond acceptors (Lipinski definition) is 3. The van der Waals surface area contributed by atoms with Gasteiger partial charge in [0.15, 0.2) is 0 Å². The van der Waals surface area contributed by atoms with Gasteiger partial charge in [0.1, 0.15) is 0 Å². The Morgan fingerprint density at radius 1 is 1.50 bits per heavy atom. The molecule has 0 radical (unpaired) electrons. The SMILES string of the molecule is Cn1cc(CCS(=O)c2ccc(Br)c(C(=O)O)c2)cn1. The van der Waals surface area contributed by atoms with E-state index in [1.54, 1.807) is 23.0 Å². The van der Waals surface area contributed by atoms with E-state index in [1.165, 1.54) is 6.07 Å². The van der Waals surface area contributed by atoms with Crippen LogP contribution in [0.5, 0.6) is 0 Å². The molecular weight excluding hydrogens is 344 g/mol. The van der Waals surface area contributed by atoms with Crippen molar-refractivity contribution in [1.82, 2.24) is 9.78 Å². The van der Waals surface area contributed by atoms with Crippen molar-refractivity contribution in [3.8, 4) is 0 Å². The first-order chi connectivity index (χ1) is 9.47. The Labute approximate surface area is 127 Å². The summed E-state index contributed by atoms with van der Waals surface area (Å²) in [6.07, 6.45) is 4.25. The number of benzene rings is 1. The number of aromatic carboxylic acids is 1. The van der Waals surface area contributed by atoms with Gasteiger partial charge in [0.2, 0.25) is 0 Å². The first-order valence-corrected chi connectivity index (χ1v) is 7.97. The predicted molar refractivity (Wildman–Crippen MR) is 79.3 cm³/mol. The second-order valence-corrected chi connectivity index (χ2v) is 6.69. The highest BCUT2D eigenvalue weighted by Crippen LogP contribution is 2.20. The average Bonchev–Trinajstić information content (AvgIpc) is 2.82. The van der Waals surface area contributed by atoms with Crippen LogP contribution in [-0.4, -0.2) is 30.8 Å². The number of halogens is 1. The lowest BCUT2D eigenvalue weighted by Crippen LogP contribution is -2.04. The Kier molecular flexibility index (Phi) is 4.72. The number of rotatable bonds is 5. The molecular formula is C13H13BrN2O3S. The highest BCUT2D eigenvalue weighted by molar-refractivity contribution is 9.10. The molecule has 106 valence electrons. The summed E-state index contributed by atoms with van der Waals surface area (Å²) in [5, 5.41) is 13.1. The number of hydrogen-bond donors (Lipinski definition) is 1. The molecule has 0 bridgehead atoms. The summed E-state index contributed by atoms with van der Waals surface area (Å²) in [5.74, 6) is -0.602. The molecule has 0 aliphatic heterocycles. The van der Waals surface area contributed by atoms with Gasteiger partial charge in [-0.15, -0.1) is 0 Å². The maximum Gasteiger partial charge on any atom is 0.336 e. The molecule has 2 aromatic rings. The van der Waals surface area contributed by atoms with Crippen LogP contribution in [0.2, 0.25) is 0 Å². The molecule has 0 amide bonds. The van der Waals surface area contributed by atoms with Crippen molar-refractivity contribution in [2.75, 3.05) is 5.75 Å². The third-order valence-corrected chi connectivity index (χ3v) is 4.81. The van der Waals surface area contributed by atoms with Gasteiger partial charge in [-0.05, 0) is 46.1 Å². The molecule has 0 aliphatic rings. The van der Waals surface area contributed by atoms with Gasteiger partial charge < -0.3 is 5.11 Å². The third kappa shape index (κ3) is 3.55.